The van der Waals surface area contributed by atoms with Gasteiger partial charge >= 0.3 is 0 Å². The summed E-state index contributed by atoms with van der Waals surface area (Å²) in [5.74, 6) is -0.616. The van der Waals surface area contributed by atoms with Gasteiger partial charge in [0.05, 0.1) is 19.3 Å². The molecule has 7 heteroatoms. The molecule has 114 valence electrons. The summed E-state index contributed by atoms with van der Waals surface area (Å²) < 4.78 is 5.12. The van der Waals surface area contributed by atoms with E-state index < -0.39 is 42.3 Å². The molecule has 0 aromatic heterocycles. The molecular formula is C14H17NO6. The summed E-state index contributed by atoms with van der Waals surface area (Å²) in [6, 6.07) is 3.92. The number of rotatable bonds is 1. The fourth-order valence-electron chi connectivity index (χ4n) is 3.19. The van der Waals surface area contributed by atoms with Gasteiger partial charge in [-0.2, -0.15) is 0 Å². The predicted octanol–water partition coefficient (Wildman–Crippen LogP) is -1.65. The first-order valence-electron chi connectivity index (χ1n) is 6.66. The normalized spacial score (nSPS) is 38.2. The molecule has 0 spiro atoms. The van der Waals surface area contributed by atoms with Crippen molar-refractivity contribution in [1.29, 1.82) is 0 Å². The highest BCUT2D eigenvalue weighted by Gasteiger charge is 2.52. The summed E-state index contributed by atoms with van der Waals surface area (Å²) in [7, 11) is 1.48. The van der Waals surface area contributed by atoms with Crippen LogP contribution in [0, 0.1) is 0 Å². The van der Waals surface area contributed by atoms with Gasteiger partial charge in [0, 0.05) is 11.5 Å². The van der Waals surface area contributed by atoms with Crippen molar-refractivity contribution < 1.29 is 30.0 Å². The van der Waals surface area contributed by atoms with E-state index in [2.05, 4.69) is 5.32 Å². The highest BCUT2D eigenvalue weighted by atomic mass is 16.5. The Labute approximate surface area is 120 Å². The van der Waals surface area contributed by atoms with Crippen molar-refractivity contribution in [3.63, 3.8) is 0 Å². The number of ether oxygens (including phenoxy) is 1. The topological polar surface area (TPSA) is 119 Å². The van der Waals surface area contributed by atoms with Gasteiger partial charge in [-0.25, -0.2) is 0 Å². The lowest BCUT2D eigenvalue weighted by atomic mass is 9.70. The maximum Gasteiger partial charge on any atom is 0.251 e. The molecule has 0 radical (unpaired) electrons. The molecule has 0 bridgehead atoms. The van der Waals surface area contributed by atoms with Crippen LogP contribution < -0.4 is 10.1 Å². The third kappa shape index (κ3) is 2.01. The fraction of sp³-hybridized carbons (Fsp3) is 0.500. The minimum atomic E-state index is -1.52. The van der Waals surface area contributed by atoms with Gasteiger partial charge in [0.15, 0.2) is 0 Å². The molecular weight excluding hydrogens is 278 g/mol. The van der Waals surface area contributed by atoms with E-state index in [9.17, 15) is 25.2 Å². The molecule has 2 aliphatic rings. The summed E-state index contributed by atoms with van der Waals surface area (Å²) >= 11 is 0. The van der Waals surface area contributed by atoms with Crippen molar-refractivity contribution in [2.45, 2.75) is 36.4 Å². The molecule has 1 aromatic carbocycles. The van der Waals surface area contributed by atoms with E-state index in [1.54, 1.807) is 18.2 Å². The van der Waals surface area contributed by atoms with Gasteiger partial charge in [-0.1, -0.05) is 0 Å². The van der Waals surface area contributed by atoms with Crippen LogP contribution in [0.2, 0.25) is 0 Å². The molecule has 1 amide bonds. The number of hydrogen-bond donors (Lipinski definition) is 5. The number of benzene rings is 1. The standard InChI is InChI=1S/C14H17NO6/c1-21-5-2-3-6-7(4-5)8-9(15-14(6)20)11(17)13(19)12(18)10(8)16/h2-4,8-13,16-19H,1H3,(H,15,20)/t8-,9-,10-,11+,12+,13+/m1/s1. The van der Waals surface area contributed by atoms with Crippen LogP contribution >= 0.6 is 0 Å². The van der Waals surface area contributed by atoms with E-state index in [4.69, 9.17) is 4.74 Å². The first-order valence-corrected chi connectivity index (χ1v) is 6.66. The van der Waals surface area contributed by atoms with Gasteiger partial charge in [-0.15, -0.1) is 0 Å². The molecule has 1 heterocycles. The van der Waals surface area contributed by atoms with Gasteiger partial charge < -0.3 is 30.5 Å². The summed E-state index contributed by atoms with van der Waals surface area (Å²) in [6.07, 6.45) is -5.68. The number of carbonyl (C=O) groups excluding carboxylic acids is 1. The van der Waals surface area contributed by atoms with Gasteiger partial charge in [0.25, 0.3) is 5.91 Å². The quantitative estimate of drug-likeness (QED) is 0.423. The summed E-state index contributed by atoms with van der Waals surface area (Å²) in [5, 5.41) is 42.5. The number of hydrogen-bond acceptors (Lipinski definition) is 6. The average molecular weight is 295 g/mol. The van der Waals surface area contributed by atoms with Crippen molar-refractivity contribution >= 4 is 5.91 Å². The molecule has 5 N–H and O–H groups in total. The zero-order valence-electron chi connectivity index (χ0n) is 11.3. The fourth-order valence-corrected chi connectivity index (χ4v) is 3.19. The highest BCUT2D eigenvalue weighted by molar-refractivity contribution is 5.97. The molecule has 1 fully saturated rings. The number of nitrogens with one attached hydrogen (secondary N) is 1. The smallest absolute Gasteiger partial charge is 0.251 e. The molecule has 21 heavy (non-hydrogen) atoms. The average Bonchev–Trinajstić information content (AvgIpc) is 2.50. The number of amides is 1. The van der Waals surface area contributed by atoms with Gasteiger partial charge in [0.1, 0.15) is 24.1 Å². The third-order valence-corrected chi connectivity index (χ3v) is 4.33. The minimum absolute atomic E-state index is 0.354. The van der Waals surface area contributed by atoms with E-state index in [0.29, 0.717) is 16.9 Å². The van der Waals surface area contributed by atoms with Crippen LogP contribution in [0.5, 0.6) is 5.75 Å². The van der Waals surface area contributed by atoms with Crippen molar-refractivity contribution in [3.05, 3.63) is 29.3 Å². The highest BCUT2D eigenvalue weighted by Crippen LogP contribution is 2.40. The largest absolute Gasteiger partial charge is 0.497 e. The Hall–Kier alpha value is -1.67. The Bertz CT molecular complexity index is 577. The van der Waals surface area contributed by atoms with Gasteiger partial charge in [0.2, 0.25) is 0 Å². The Morgan fingerprint density at radius 1 is 1.05 bits per heavy atom. The monoisotopic (exact) mass is 295 g/mol. The molecule has 1 aromatic rings. The van der Waals surface area contributed by atoms with E-state index in [1.807, 2.05) is 0 Å². The van der Waals surface area contributed by atoms with E-state index >= 15 is 0 Å². The van der Waals surface area contributed by atoms with Crippen LogP contribution in [0.1, 0.15) is 21.8 Å². The molecule has 3 rings (SSSR count). The number of methoxy groups -OCH3 is 1. The second-order valence-corrected chi connectivity index (χ2v) is 5.44. The van der Waals surface area contributed by atoms with Crippen LogP contribution in [0.25, 0.3) is 0 Å². The van der Waals surface area contributed by atoms with Crippen LogP contribution in [0.3, 0.4) is 0 Å². The zero-order chi connectivity index (χ0) is 15.3. The van der Waals surface area contributed by atoms with Crippen molar-refractivity contribution in [2.75, 3.05) is 7.11 Å². The lowest BCUT2D eigenvalue weighted by molar-refractivity contribution is -0.155. The Morgan fingerprint density at radius 3 is 2.38 bits per heavy atom. The van der Waals surface area contributed by atoms with Crippen LogP contribution in [-0.2, 0) is 0 Å². The lowest BCUT2D eigenvalue weighted by Crippen LogP contribution is -2.66. The van der Waals surface area contributed by atoms with Crippen molar-refractivity contribution in [3.8, 4) is 5.75 Å². The molecule has 7 nitrogen and oxygen atoms in total. The maximum atomic E-state index is 12.1. The second kappa shape index (κ2) is 4.96. The molecule has 1 aliphatic heterocycles. The van der Waals surface area contributed by atoms with E-state index in [0.717, 1.165) is 0 Å². The summed E-state index contributed by atoms with van der Waals surface area (Å²) in [5.41, 5.74) is 0.840. The lowest BCUT2D eigenvalue weighted by Gasteiger charge is -2.47. The zero-order valence-corrected chi connectivity index (χ0v) is 11.3. The minimum Gasteiger partial charge on any atom is -0.497 e. The SMILES string of the molecule is COc1ccc2c(c1)[C@H]1[C@@H](O)[C@H](O)[C@@H](O)[C@@H](O)[C@@H]1NC2=O. The maximum absolute atomic E-state index is 12.1. The van der Waals surface area contributed by atoms with Gasteiger partial charge in [-0.3, -0.25) is 4.79 Å². The van der Waals surface area contributed by atoms with Crippen LogP contribution in [0.15, 0.2) is 18.2 Å². The van der Waals surface area contributed by atoms with Crippen LogP contribution in [-0.4, -0.2) is 63.9 Å². The van der Waals surface area contributed by atoms with Crippen molar-refractivity contribution in [2.24, 2.45) is 0 Å². The molecule has 6 atom stereocenters. The predicted molar refractivity (Wildman–Crippen MR) is 71.0 cm³/mol. The summed E-state index contributed by atoms with van der Waals surface area (Å²) in [4.78, 5) is 12.1. The number of aliphatic hydroxyl groups is 4. The molecule has 1 saturated carbocycles. The molecule has 1 aliphatic carbocycles. The molecule has 0 saturated heterocycles. The Kier molecular flexibility index (Phi) is 3.37. The van der Waals surface area contributed by atoms with Crippen molar-refractivity contribution in [1.82, 2.24) is 5.32 Å². The Morgan fingerprint density at radius 2 is 1.71 bits per heavy atom. The first kappa shape index (κ1) is 14.3. The van der Waals surface area contributed by atoms with Crippen LogP contribution in [0.4, 0.5) is 0 Å². The summed E-state index contributed by atoms with van der Waals surface area (Å²) in [6.45, 7) is 0. The number of aliphatic hydroxyl groups excluding tert-OH is 4. The number of carbonyl (C=O) groups is 1. The first-order chi connectivity index (χ1) is 9.95. The third-order valence-electron chi connectivity index (χ3n) is 4.33. The van der Waals surface area contributed by atoms with E-state index in [1.165, 1.54) is 7.11 Å². The second-order valence-electron chi connectivity index (χ2n) is 5.44. The van der Waals surface area contributed by atoms with Gasteiger partial charge in [-0.05, 0) is 23.8 Å². The number of fused-ring (bicyclic) bond motifs is 3. The van der Waals surface area contributed by atoms with E-state index in [-0.39, 0.29) is 0 Å². The molecule has 0 unspecified atom stereocenters. The Balaban J connectivity index is 2.12.